The molecule has 3 N–H and O–H groups in total. The van der Waals surface area contributed by atoms with E-state index < -0.39 is 0 Å². The van der Waals surface area contributed by atoms with Crippen LogP contribution in [0.5, 0.6) is 0 Å². The number of carbonyl (C=O) groups excluding carboxylic acids is 1. The van der Waals surface area contributed by atoms with E-state index in [-0.39, 0.29) is 25.2 Å². The number of hydrogen-bond acceptors (Lipinski definition) is 5. The van der Waals surface area contributed by atoms with E-state index in [1.165, 1.54) is 5.56 Å². The van der Waals surface area contributed by atoms with Gasteiger partial charge in [-0.1, -0.05) is 24.3 Å². The van der Waals surface area contributed by atoms with Crippen molar-refractivity contribution in [2.45, 2.75) is 19.3 Å². The van der Waals surface area contributed by atoms with Gasteiger partial charge in [0.1, 0.15) is 0 Å². The van der Waals surface area contributed by atoms with Crippen molar-refractivity contribution in [2.75, 3.05) is 39.8 Å². The van der Waals surface area contributed by atoms with E-state index in [0.717, 1.165) is 25.2 Å². The van der Waals surface area contributed by atoms with Crippen molar-refractivity contribution in [3.8, 4) is 0 Å². The maximum atomic E-state index is 10.9. The highest BCUT2D eigenvalue weighted by Gasteiger charge is 2.22. The molecule has 1 aromatic rings. The predicted molar refractivity (Wildman–Crippen MR) is 84.1 cm³/mol. The van der Waals surface area contributed by atoms with Crippen molar-refractivity contribution in [1.29, 1.82) is 0 Å². The van der Waals surface area contributed by atoms with Crippen LogP contribution in [-0.2, 0) is 22.7 Å². The molecule has 6 nitrogen and oxygen atoms in total. The summed E-state index contributed by atoms with van der Waals surface area (Å²) >= 11 is 0. The molecule has 0 aliphatic carbocycles. The minimum Gasteiger partial charge on any atom is -0.392 e. The fourth-order valence-corrected chi connectivity index (χ4v) is 2.72. The Kier molecular flexibility index (Phi) is 6.33. The summed E-state index contributed by atoms with van der Waals surface area (Å²) in [6.07, 6.45) is 0.0924. The lowest BCUT2D eigenvalue weighted by atomic mass is 10.1. The van der Waals surface area contributed by atoms with Gasteiger partial charge in [-0.3, -0.25) is 14.6 Å². The second-order valence-corrected chi connectivity index (χ2v) is 5.87. The van der Waals surface area contributed by atoms with Gasteiger partial charge >= 0.3 is 0 Å². The van der Waals surface area contributed by atoms with Crippen LogP contribution in [0.2, 0.25) is 0 Å². The summed E-state index contributed by atoms with van der Waals surface area (Å²) in [7, 11) is 1.88. The summed E-state index contributed by atoms with van der Waals surface area (Å²) in [6.45, 7) is 4.33. The van der Waals surface area contributed by atoms with Crippen LogP contribution in [0.4, 0.5) is 0 Å². The van der Waals surface area contributed by atoms with Crippen molar-refractivity contribution in [3.05, 3.63) is 35.4 Å². The van der Waals surface area contributed by atoms with Crippen molar-refractivity contribution in [2.24, 2.45) is 5.73 Å². The number of hydrogen-bond donors (Lipinski definition) is 2. The molecule has 0 bridgehead atoms. The van der Waals surface area contributed by atoms with Crippen molar-refractivity contribution in [3.63, 3.8) is 0 Å². The van der Waals surface area contributed by atoms with Crippen LogP contribution in [0.1, 0.15) is 11.1 Å². The molecule has 1 aliphatic rings. The number of aliphatic hydroxyl groups excluding tert-OH is 1. The van der Waals surface area contributed by atoms with Gasteiger partial charge < -0.3 is 15.6 Å². The molecule has 0 unspecified atom stereocenters. The largest absolute Gasteiger partial charge is 0.392 e. The third kappa shape index (κ3) is 5.38. The van der Waals surface area contributed by atoms with Crippen molar-refractivity contribution in [1.82, 2.24) is 9.80 Å². The number of amides is 1. The van der Waals surface area contributed by atoms with E-state index in [1.807, 2.05) is 24.1 Å². The lowest BCUT2D eigenvalue weighted by Gasteiger charge is -2.34. The van der Waals surface area contributed by atoms with Crippen LogP contribution in [0.15, 0.2) is 24.3 Å². The minimum absolute atomic E-state index is 0.0755. The SMILES string of the molecule is CN(CC(N)=O)C[C@H]1CN(Cc2ccc(CO)cc2)CCO1. The number of primary amides is 1. The van der Waals surface area contributed by atoms with Gasteiger partial charge in [-0.15, -0.1) is 0 Å². The fourth-order valence-electron chi connectivity index (χ4n) is 2.72. The number of benzene rings is 1. The minimum atomic E-state index is -0.320. The van der Waals surface area contributed by atoms with Gasteiger partial charge in [-0.25, -0.2) is 0 Å². The highest BCUT2D eigenvalue weighted by molar-refractivity contribution is 5.75. The van der Waals surface area contributed by atoms with E-state index in [4.69, 9.17) is 15.6 Å². The van der Waals surface area contributed by atoms with Crippen LogP contribution in [-0.4, -0.2) is 66.8 Å². The van der Waals surface area contributed by atoms with Gasteiger partial charge in [-0.2, -0.15) is 0 Å². The number of rotatable bonds is 7. The van der Waals surface area contributed by atoms with E-state index in [2.05, 4.69) is 17.0 Å². The number of nitrogens with two attached hydrogens (primary N) is 1. The van der Waals surface area contributed by atoms with E-state index in [1.54, 1.807) is 0 Å². The molecule has 1 atom stereocenters. The first-order chi connectivity index (χ1) is 10.6. The van der Waals surface area contributed by atoms with Gasteiger partial charge in [0, 0.05) is 26.2 Å². The van der Waals surface area contributed by atoms with Gasteiger partial charge in [0.2, 0.25) is 5.91 Å². The Hall–Kier alpha value is -1.47. The van der Waals surface area contributed by atoms with Gasteiger partial charge in [-0.05, 0) is 18.2 Å². The highest BCUT2D eigenvalue weighted by Crippen LogP contribution is 2.12. The zero-order chi connectivity index (χ0) is 15.9. The zero-order valence-electron chi connectivity index (χ0n) is 13.1. The van der Waals surface area contributed by atoms with Gasteiger partial charge in [0.15, 0.2) is 0 Å². The molecule has 0 radical (unpaired) electrons. The number of likely N-dealkylation sites (N-methyl/N-ethyl adjacent to an activating group) is 1. The fraction of sp³-hybridized carbons (Fsp3) is 0.562. The van der Waals surface area contributed by atoms with Crippen molar-refractivity contribution >= 4 is 5.91 Å². The first kappa shape index (κ1) is 16.9. The quantitative estimate of drug-likeness (QED) is 0.729. The standard InChI is InChI=1S/C16H25N3O3/c1-18(11-16(17)21)9-15-10-19(6-7-22-15)8-13-2-4-14(12-20)5-3-13/h2-5,15,20H,6-12H2,1H3,(H2,17,21)/t15-/m0/s1. The molecular formula is C16H25N3O3. The molecule has 2 rings (SSSR count). The topological polar surface area (TPSA) is 79.0 Å². The second-order valence-electron chi connectivity index (χ2n) is 5.87. The molecule has 0 aromatic heterocycles. The summed E-state index contributed by atoms with van der Waals surface area (Å²) in [6, 6.07) is 8.01. The summed E-state index contributed by atoms with van der Waals surface area (Å²) in [4.78, 5) is 15.2. The summed E-state index contributed by atoms with van der Waals surface area (Å²) in [5.41, 5.74) is 7.35. The Morgan fingerprint density at radius 2 is 2.09 bits per heavy atom. The summed E-state index contributed by atoms with van der Waals surface area (Å²) in [5.74, 6) is -0.320. The van der Waals surface area contributed by atoms with Crippen LogP contribution in [0.25, 0.3) is 0 Å². The van der Waals surface area contributed by atoms with Crippen LogP contribution in [0, 0.1) is 0 Å². The molecule has 0 spiro atoms. The van der Waals surface area contributed by atoms with Crippen LogP contribution in [0.3, 0.4) is 0 Å². The number of aliphatic hydroxyl groups is 1. The third-order valence-corrected chi connectivity index (χ3v) is 3.78. The monoisotopic (exact) mass is 307 g/mol. The number of ether oxygens (including phenoxy) is 1. The van der Waals surface area contributed by atoms with E-state index >= 15 is 0 Å². The maximum absolute atomic E-state index is 10.9. The smallest absolute Gasteiger partial charge is 0.231 e. The zero-order valence-corrected chi connectivity index (χ0v) is 13.1. The molecule has 1 aliphatic heterocycles. The van der Waals surface area contributed by atoms with Crippen LogP contribution >= 0.6 is 0 Å². The molecule has 1 aromatic carbocycles. The molecule has 22 heavy (non-hydrogen) atoms. The Balaban J connectivity index is 1.83. The van der Waals surface area contributed by atoms with Gasteiger partial charge in [0.25, 0.3) is 0 Å². The van der Waals surface area contributed by atoms with E-state index in [9.17, 15) is 4.79 Å². The molecule has 1 amide bonds. The Morgan fingerprint density at radius 1 is 1.41 bits per heavy atom. The first-order valence-electron chi connectivity index (χ1n) is 7.56. The average molecular weight is 307 g/mol. The number of morpholine rings is 1. The first-order valence-corrected chi connectivity index (χ1v) is 7.56. The van der Waals surface area contributed by atoms with Crippen molar-refractivity contribution < 1.29 is 14.6 Å². The molecule has 122 valence electrons. The molecule has 1 heterocycles. The third-order valence-electron chi connectivity index (χ3n) is 3.78. The van der Waals surface area contributed by atoms with Crippen LogP contribution < -0.4 is 5.73 Å². The highest BCUT2D eigenvalue weighted by atomic mass is 16.5. The van der Waals surface area contributed by atoms with E-state index in [0.29, 0.717) is 13.2 Å². The average Bonchev–Trinajstić information content (AvgIpc) is 2.47. The normalized spacial score (nSPS) is 19.5. The number of nitrogens with zero attached hydrogens (tertiary/aromatic N) is 2. The molecule has 1 fully saturated rings. The molecule has 1 saturated heterocycles. The Morgan fingerprint density at radius 3 is 2.73 bits per heavy atom. The lowest BCUT2D eigenvalue weighted by molar-refractivity contribution is -0.119. The maximum Gasteiger partial charge on any atom is 0.231 e. The van der Waals surface area contributed by atoms with Gasteiger partial charge in [0.05, 0.1) is 25.9 Å². The molecule has 0 saturated carbocycles. The summed E-state index contributed by atoms with van der Waals surface area (Å²) in [5, 5.41) is 9.07. The number of carbonyl (C=O) groups is 1. The second kappa shape index (κ2) is 8.24. The molecule has 6 heteroatoms. The predicted octanol–water partition coefficient (Wildman–Crippen LogP) is -0.203. The Bertz CT molecular complexity index is 478. The summed E-state index contributed by atoms with van der Waals surface area (Å²) < 4.78 is 5.77. The molecular weight excluding hydrogens is 282 g/mol. The Labute approximate surface area is 131 Å². The lowest BCUT2D eigenvalue weighted by Crippen LogP contribution is -2.47.